The molecule has 0 atom stereocenters. The van der Waals surface area contributed by atoms with E-state index in [1.165, 1.54) is 16.8 Å². The molecule has 0 bridgehead atoms. The minimum absolute atomic E-state index is 0.000469. The molecule has 0 unspecified atom stereocenters. The molecular weight excluding hydrogens is 364 g/mol. The lowest BCUT2D eigenvalue weighted by Gasteiger charge is -2.07. The number of nitrogens with one attached hydrogen (secondary N) is 1. The fraction of sp³-hybridized carbons (Fsp3) is 0.0500. The van der Waals surface area contributed by atoms with Crippen LogP contribution in [0.5, 0.6) is 0 Å². The molecule has 7 heteroatoms. The van der Waals surface area contributed by atoms with Crippen molar-refractivity contribution in [2.24, 2.45) is 0 Å². The average molecular weight is 378 g/mol. The number of thiophene rings is 1. The molecule has 0 spiro atoms. The Balaban J connectivity index is 1.44. The maximum absolute atomic E-state index is 12.1. The van der Waals surface area contributed by atoms with Crippen molar-refractivity contribution in [3.8, 4) is 0 Å². The molecule has 0 radical (unpaired) electrons. The third-order valence-electron chi connectivity index (χ3n) is 4.14. The van der Waals surface area contributed by atoms with Gasteiger partial charge in [-0.2, -0.15) is 0 Å². The molecule has 0 saturated carbocycles. The van der Waals surface area contributed by atoms with Crippen LogP contribution in [0.15, 0.2) is 66.7 Å². The summed E-state index contributed by atoms with van der Waals surface area (Å²) in [6.07, 6.45) is -0.577. The van der Waals surface area contributed by atoms with Crippen LogP contribution in [0.3, 0.4) is 0 Å². The predicted octanol–water partition coefficient (Wildman–Crippen LogP) is 5.71. The normalized spacial score (nSPS) is 10.8. The van der Waals surface area contributed by atoms with Crippen LogP contribution in [0.4, 0.5) is 16.2 Å². The molecule has 3 aromatic carbocycles. The zero-order chi connectivity index (χ0) is 18.8. The van der Waals surface area contributed by atoms with E-state index >= 15 is 0 Å². The van der Waals surface area contributed by atoms with Gasteiger partial charge in [0.1, 0.15) is 6.61 Å². The smallest absolute Gasteiger partial charge is 0.411 e. The summed E-state index contributed by atoms with van der Waals surface area (Å²) in [6.45, 7) is 0.0352. The number of nitro groups is 1. The van der Waals surface area contributed by atoms with Crippen molar-refractivity contribution in [1.29, 1.82) is 0 Å². The lowest BCUT2D eigenvalue weighted by atomic mass is 10.1. The first-order valence-electron chi connectivity index (χ1n) is 8.18. The van der Waals surface area contributed by atoms with Crippen molar-refractivity contribution >= 4 is 49.0 Å². The van der Waals surface area contributed by atoms with Gasteiger partial charge in [0.2, 0.25) is 0 Å². The topological polar surface area (TPSA) is 81.5 Å². The number of carbonyl (C=O) groups excluding carboxylic acids is 1. The molecule has 0 aliphatic carbocycles. The molecule has 4 aromatic rings. The number of anilines is 1. The third kappa shape index (κ3) is 3.58. The standard InChI is InChI=1S/C20H14N2O4S/c23-20(26-12-13-5-8-15(9-6-13)22(24)25)21-14-7-10-19-17(11-14)16-3-1-2-4-18(16)27-19/h1-11H,12H2,(H,21,23). The summed E-state index contributed by atoms with van der Waals surface area (Å²) in [6, 6.07) is 19.8. The molecule has 1 amide bonds. The monoisotopic (exact) mass is 378 g/mol. The number of benzene rings is 3. The minimum atomic E-state index is -0.577. The van der Waals surface area contributed by atoms with Crippen molar-refractivity contribution in [1.82, 2.24) is 0 Å². The van der Waals surface area contributed by atoms with Crippen LogP contribution in [0.2, 0.25) is 0 Å². The van der Waals surface area contributed by atoms with Gasteiger partial charge in [-0.05, 0) is 42.0 Å². The summed E-state index contributed by atoms with van der Waals surface area (Å²) in [5.74, 6) is 0. The Kier molecular flexibility index (Phi) is 4.43. The summed E-state index contributed by atoms with van der Waals surface area (Å²) in [4.78, 5) is 22.2. The number of nitro benzene ring substituents is 1. The van der Waals surface area contributed by atoms with Crippen LogP contribution in [-0.2, 0) is 11.3 Å². The van der Waals surface area contributed by atoms with Gasteiger partial charge >= 0.3 is 6.09 Å². The van der Waals surface area contributed by atoms with Crippen molar-refractivity contribution in [2.75, 3.05) is 5.32 Å². The average Bonchev–Trinajstić information content (AvgIpc) is 3.05. The predicted molar refractivity (Wildman–Crippen MR) is 106 cm³/mol. The molecule has 134 valence electrons. The number of amides is 1. The number of fused-ring (bicyclic) bond motifs is 3. The number of nitrogens with zero attached hydrogens (tertiary/aromatic N) is 1. The second-order valence-electron chi connectivity index (χ2n) is 5.93. The molecule has 1 heterocycles. The van der Waals surface area contributed by atoms with E-state index < -0.39 is 11.0 Å². The van der Waals surface area contributed by atoms with Crippen molar-refractivity contribution < 1.29 is 14.5 Å². The largest absolute Gasteiger partial charge is 0.444 e. The lowest BCUT2D eigenvalue weighted by molar-refractivity contribution is -0.384. The summed E-state index contributed by atoms with van der Waals surface area (Å²) < 4.78 is 7.55. The van der Waals surface area contributed by atoms with Gasteiger partial charge < -0.3 is 4.74 Å². The molecule has 0 saturated heterocycles. The summed E-state index contributed by atoms with van der Waals surface area (Å²) in [5, 5.41) is 15.6. The zero-order valence-electron chi connectivity index (χ0n) is 14.0. The van der Waals surface area contributed by atoms with Gasteiger partial charge in [-0.15, -0.1) is 11.3 Å². The molecule has 1 N–H and O–H groups in total. The highest BCUT2D eigenvalue weighted by Gasteiger charge is 2.09. The van der Waals surface area contributed by atoms with E-state index in [1.54, 1.807) is 23.5 Å². The third-order valence-corrected chi connectivity index (χ3v) is 5.29. The Morgan fingerprint density at radius 2 is 1.74 bits per heavy atom. The van der Waals surface area contributed by atoms with E-state index in [0.29, 0.717) is 11.3 Å². The second kappa shape index (κ2) is 7.05. The van der Waals surface area contributed by atoms with Gasteiger partial charge in [0.15, 0.2) is 0 Å². The highest BCUT2D eigenvalue weighted by atomic mass is 32.1. The Morgan fingerprint density at radius 1 is 1.00 bits per heavy atom. The van der Waals surface area contributed by atoms with E-state index in [4.69, 9.17) is 4.74 Å². The fourth-order valence-corrected chi connectivity index (χ4v) is 3.91. The number of carbonyl (C=O) groups is 1. The van der Waals surface area contributed by atoms with Gasteiger partial charge in [0.05, 0.1) is 4.92 Å². The molecule has 0 aliphatic rings. The summed E-state index contributed by atoms with van der Waals surface area (Å²) in [7, 11) is 0. The Bertz CT molecular complexity index is 1150. The molecule has 6 nitrogen and oxygen atoms in total. The minimum Gasteiger partial charge on any atom is -0.444 e. The van der Waals surface area contributed by atoms with E-state index in [-0.39, 0.29) is 12.3 Å². The molecule has 1 aromatic heterocycles. The molecule has 0 fully saturated rings. The van der Waals surface area contributed by atoms with Gasteiger partial charge in [0.25, 0.3) is 5.69 Å². The van der Waals surface area contributed by atoms with Crippen LogP contribution in [0.25, 0.3) is 20.2 Å². The SMILES string of the molecule is O=C(Nc1ccc2sc3ccccc3c2c1)OCc1ccc([N+](=O)[O-])cc1. The maximum Gasteiger partial charge on any atom is 0.411 e. The van der Waals surface area contributed by atoms with Crippen LogP contribution in [0, 0.1) is 10.1 Å². The first kappa shape index (κ1) is 17.0. The number of hydrogen-bond acceptors (Lipinski definition) is 5. The quantitative estimate of drug-likeness (QED) is 0.364. The van der Waals surface area contributed by atoms with Gasteiger partial charge in [0, 0.05) is 38.0 Å². The Morgan fingerprint density at radius 3 is 2.52 bits per heavy atom. The molecule has 0 aliphatic heterocycles. The lowest BCUT2D eigenvalue weighted by Crippen LogP contribution is -2.13. The van der Waals surface area contributed by atoms with E-state index in [2.05, 4.69) is 17.4 Å². The molecular formula is C20H14N2O4S. The highest BCUT2D eigenvalue weighted by Crippen LogP contribution is 2.35. The van der Waals surface area contributed by atoms with E-state index in [1.807, 2.05) is 30.3 Å². The Labute approximate surface area is 158 Å². The van der Waals surface area contributed by atoms with Crippen LogP contribution in [-0.4, -0.2) is 11.0 Å². The first-order chi connectivity index (χ1) is 13.1. The summed E-state index contributed by atoms with van der Waals surface area (Å²) in [5.41, 5.74) is 1.33. The van der Waals surface area contributed by atoms with E-state index in [0.717, 1.165) is 15.5 Å². The fourth-order valence-electron chi connectivity index (χ4n) is 2.82. The zero-order valence-corrected chi connectivity index (χ0v) is 14.9. The van der Waals surface area contributed by atoms with Gasteiger partial charge in [-0.25, -0.2) is 4.79 Å². The van der Waals surface area contributed by atoms with Crippen LogP contribution >= 0.6 is 11.3 Å². The number of non-ortho nitro benzene ring substituents is 1. The van der Waals surface area contributed by atoms with Crippen LogP contribution < -0.4 is 5.32 Å². The number of hydrogen-bond donors (Lipinski definition) is 1. The van der Waals surface area contributed by atoms with Crippen molar-refractivity contribution in [3.05, 3.63) is 82.4 Å². The van der Waals surface area contributed by atoms with Crippen molar-refractivity contribution in [2.45, 2.75) is 6.61 Å². The first-order valence-corrected chi connectivity index (χ1v) is 9.00. The van der Waals surface area contributed by atoms with Gasteiger partial charge in [-0.3, -0.25) is 15.4 Å². The Hall–Kier alpha value is -3.45. The van der Waals surface area contributed by atoms with Crippen molar-refractivity contribution in [3.63, 3.8) is 0 Å². The van der Waals surface area contributed by atoms with Crippen LogP contribution in [0.1, 0.15) is 5.56 Å². The number of ether oxygens (including phenoxy) is 1. The number of rotatable bonds is 4. The van der Waals surface area contributed by atoms with Gasteiger partial charge in [-0.1, -0.05) is 18.2 Å². The second-order valence-corrected chi connectivity index (χ2v) is 7.02. The van der Waals surface area contributed by atoms with E-state index in [9.17, 15) is 14.9 Å². The molecule has 4 rings (SSSR count). The molecule has 27 heavy (non-hydrogen) atoms. The maximum atomic E-state index is 12.1. The summed E-state index contributed by atoms with van der Waals surface area (Å²) >= 11 is 1.71. The highest BCUT2D eigenvalue weighted by molar-refractivity contribution is 7.25.